The summed E-state index contributed by atoms with van der Waals surface area (Å²) in [7, 11) is 0. The molecule has 2 rings (SSSR count). The molecule has 1 atom stereocenters. The lowest BCUT2D eigenvalue weighted by atomic mass is 9.96. The topological polar surface area (TPSA) is 38.9 Å². The van der Waals surface area contributed by atoms with Crippen LogP contribution in [0.5, 0.6) is 0 Å². The Bertz CT molecular complexity index is 302. The maximum absolute atomic E-state index is 6.12. The summed E-state index contributed by atoms with van der Waals surface area (Å²) in [6.07, 6.45) is 3.52. The summed E-state index contributed by atoms with van der Waals surface area (Å²) in [6, 6.07) is 0.300. The smallest absolute Gasteiger partial charge is 0.0897 e. The van der Waals surface area contributed by atoms with E-state index in [1.807, 2.05) is 6.92 Å². The Morgan fingerprint density at radius 1 is 1.69 bits per heavy atom. The van der Waals surface area contributed by atoms with Crippen LogP contribution in [0.2, 0.25) is 0 Å². The minimum absolute atomic E-state index is 0.300. The van der Waals surface area contributed by atoms with Gasteiger partial charge in [0.2, 0.25) is 0 Å². The van der Waals surface area contributed by atoms with Crippen LogP contribution in [0.4, 0.5) is 0 Å². The predicted molar refractivity (Wildman–Crippen MR) is 55.9 cm³/mol. The van der Waals surface area contributed by atoms with E-state index in [0.29, 0.717) is 11.5 Å². The molecule has 0 saturated heterocycles. The Hall–Kier alpha value is -0.410. The quantitative estimate of drug-likeness (QED) is 0.804. The van der Waals surface area contributed by atoms with E-state index in [-0.39, 0.29) is 0 Å². The van der Waals surface area contributed by atoms with Gasteiger partial charge in [0, 0.05) is 17.8 Å². The van der Waals surface area contributed by atoms with Gasteiger partial charge in [-0.3, -0.25) is 0 Å². The van der Waals surface area contributed by atoms with Crippen molar-refractivity contribution in [3.63, 3.8) is 0 Å². The zero-order chi connectivity index (χ0) is 9.47. The van der Waals surface area contributed by atoms with Gasteiger partial charge in [-0.25, -0.2) is 4.98 Å². The van der Waals surface area contributed by atoms with Crippen LogP contribution in [-0.4, -0.2) is 11.0 Å². The summed E-state index contributed by atoms with van der Waals surface area (Å²) in [6.45, 7) is 4.31. The third kappa shape index (κ3) is 1.92. The average molecular weight is 196 g/mol. The normalized spacial score (nSPS) is 21.5. The van der Waals surface area contributed by atoms with Crippen molar-refractivity contribution < 1.29 is 0 Å². The Balaban J connectivity index is 1.98. The molecule has 0 spiro atoms. The first-order valence-electron chi connectivity index (χ1n) is 4.77. The van der Waals surface area contributed by atoms with Crippen LogP contribution in [0, 0.1) is 12.3 Å². The van der Waals surface area contributed by atoms with Gasteiger partial charge >= 0.3 is 0 Å². The van der Waals surface area contributed by atoms with E-state index in [0.717, 1.165) is 11.4 Å². The van der Waals surface area contributed by atoms with Crippen molar-refractivity contribution >= 4 is 11.3 Å². The fourth-order valence-corrected chi connectivity index (χ4v) is 2.17. The number of thiazole rings is 1. The molecule has 0 bridgehead atoms. The Morgan fingerprint density at radius 3 is 2.85 bits per heavy atom. The minimum Gasteiger partial charge on any atom is -0.327 e. The molecule has 1 aliphatic rings. The maximum Gasteiger partial charge on any atom is 0.0897 e. The summed E-state index contributed by atoms with van der Waals surface area (Å²) < 4.78 is 0. The first-order valence-corrected chi connectivity index (χ1v) is 5.65. The molecule has 1 aromatic heterocycles. The number of aryl methyl sites for hydroxylation is 1. The number of hydrogen-bond donors (Lipinski definition) is 1. The van der Waals surface area contributed by atoms with Gasteiger partial charge in [0.25, 0.3) is 0 Å². The molecular weight excluding hydrogens is 180 g/mol. The fraction of sp³-hybridized carbons (Fsp3) is 0.700. The minimum atomic E-state index is 0.300. The van der Waals surface area contributed by atoms with Crippen molar-refractivity contribution in [2.45, 2.75) is 39.2 Å². The first-order chi connectivity index (χ1) is 6.10. The van der Waals surface area contributed by atoms with Crippen molar-refractivity contribution in [3.05, 3.63) is 16.1 Å². The molecule has 13 heavy (non-hydrogen) atoms. The highest BCUT2D eigenvalue weighted by Gasteiger charge is 2.42. The van der Waals surface area contributed by atoms with E-state index in [9.17, 15) is 0 Å². The summed E-state index contributed by atoms with van der Waals surface area (Å²) in [5.74, 6) is 0. The number of nitrogens with zero attached hydrogens (tertiary/aromatic N) is 1. The van der Waals surface area contributed by atoms with Crippen LogP contribution in [0.1, 0.15) is 30.5 Å². The van der Waals surface area contributed by atoms with Crippen molar-refractivity contribution in [3.8, 4) is 0 Å². The van der Waals surface area contributed by atoms with Crippen LogP contribution in [0.25, 0.3) is 0 Å². The number of rotatable bonds is 3. The van der Waals surface area contributed by atoms with Gasteiger partial charge in [0.05, 0.1) is 10.7 Å². The van der Waals surface area contributed by atoms with Crippen LogP contribution in [0.3, 0.4) is 0 Å². The number of nitrogens with two attached hydrogens (primary N) is 1. The Labute approximate surface area is 83.2 Å². The van der Waals surface area contributed by atoms with E-state index in [1.165, 1.54) is 18.5 Å². The molecule has 2 nitrogen and oxygen atoms in total. The highest BCUT2D eigenvalue weighted by molar-refractivity contribution is 7.09. The highest BCUT2D eigenvalue weighted by Crippen LogP contribution is 2.48. The van der Waals surface area contributed by atoms with Crippen molar-refractivity contribution in [1.29, 1.82) is 0 Å². The Kier molecular flexibility index (Phi) is 2.16. The number of hydrogen-bond acceptors (Lipinski definition) is 3. The third-order valence-corrected chi connectivity index (χ3v) is 3.85. The van der Waals surface area contributed by atoms with Crippen molar-refractivity contribution in [1.82, 2.24) is 4.98 Å². The average Bonchev–Trinajstić information content (AvgIpc) is 2.69. The zero-order valence-electron chi connectivity index (χ0n) is 8.21. The standard InChI is InChI=1S/C10H16N2S/c1-7-12-8(6-13-7)5-9(11)10(2)3-4-10/h6,9H,3-5,11H2,1-2H3. The second-order valence-corrected chi connectivity index (χ2v) is 5.38. The molecule has 1 unspecified atom stereocenters. The molecule has 72 valence electrons. The predicted octanol–water partition coefficient (Wildman–Crippen LogP) is 2.12. The fourth-order valence-electron chi connectivity index (χ4n) is 1.54. The van der Waals surface area contributed by atoms with Gasteiger partial charge in [0.1, 0.15) is 0 Å². The Morgan fingerprint density at radius 2 is 2.38 bits per heavy atom. The van der Waals surface area contributed by atoms with Gasteiger partial charge in [0.15, 0.2) is 0 Å². The summed E-state index contributed by atoms with van der Waals surface area (Å²) >= 11 is 1.71. The van der Waals surface area contributed by atoms with Gasteiger partial charge < -0.3 is 5.73 Å². The SMILES string of the molecule is Cc1nc(CC(N)C2(C)CC2)cs1. The third-order valence-electron chi connectivity index (χ3n) is 3.03. The molecule has 0 aliphatic heterocycles. The van der Waals surface area contributed by atoms with E-state index in [1.54, 1.807) is 11.3 Å². The van der Waals surface area contributed by atoms with Gasteiger partial charge in [-0.15, -0.1) is 11.3 Å². The second kappa shape index (κ2) is 3.07. The van der Waals surface area contributed by atoms with Crippen LogP contribution < -0.4 is 5.73 Å². The van der Waals surface area contributed by atoms with Gasteiger partial charge in [-0.2, -0.15) is 0 Å². The molecule has 2 N–H and O–H groups in total. The summed E-state index contributed by atoms with van der Waals surface area (Å²) in [5.41, 5.74) is 7.70. The lowest BCUT2D eigenvalue weighted by molar-refractivity contribution is 0.430. The van der Waals surface area contributed by atoms with E-state index >= 15 is 0 Å². The molecule has 1 aromatic rings. The van der Waals surface area contributed by atoms with Crippen LogP contribution in [0.15, 0.2) is 5.38 Å². The lowest BCUT2D eigenvalue weighted by Gasteiger charge is -2.16. The first kappa shape index (κ1) is 9.16. The van der Waals surface area contributed by atoms with E-state index < -0.39 is 0 Å². The monoisotopic (exact) mass is 196 g/mol. The molecule has 0 radical (unpaired) electrons. The van der Waals surface area contributed by atoms with E-state index in [4.69, 9.17) is 5.73 Å². The van der Waals surface area contributed by atoms with Gasteiger partial charge in [-0.05, 0) is 25.2 Å². The van der Waals surface area contributed by atoms with Crippen LogP contribution >= 0.6 is 11.3 Å². The molecule has 1 heterocycles. The lowest BCUT2D eigenvalue weighted by Crippen LogP contribution is -2.31. The molecule has 3 heteroatoms. The van der Waals surface area contributed by atoms with Crippen molar-refractivity contribution in [2.24, 2.45) is 11.1 Å². The molecule has 1 aliphatic carbocycles. The molecule has 1 saturated carbocycles. The summed E-state index contributed by atoms with van der Waals surface area (Å²) in [5, 5.41) is 3.27. The van der Waals surface area contributed by atoms with Crippen molar-refractivity contribution in [2.75, 3.05) is 0 Å². The highest BCUT2D eigenvalue weighted by atomic mass is 32.1. The number of aromatic nitrogens is 1. The zero-order valence-corrected chi connectivity index (χ0v) is 9.03. The molecule has 0 amide bonds. The largest absolute Gasteiger partial charge is 0.327 e. The molecular formula is C10H16N2S. The summed E-state index contributed by atoms with van der Waals surface area (Å²) in [4.78, 5) is 4.43. The van der Waals surface area contributed by atoms with E-state index in [2.05, 4.69) is 17.3 Å². The second-order valence-electron chi connectivity index (χ2n) is 4.32. The van der Waals surface area contributed by atoms with Gasteiger partial charge in [-0.1, -0.05) is 6.92 Å². The molecule has 0 aromatic carbocycles. The van der Waals surface area contributed by atoms with Crippen LogP contribution in [-0.2, 0) is 6.42 Å². The maximum atomic E-state index is 6.12. The molecule has 1 fully saturated rings.